The van der Waals surface area contributed by atoms with E-state index in [2.05, 4.69) is 27.4 Å². The van der Waals surface area contributed by atoms with Crippen LogP contribution < -0.4 is 5.32 Å². The minimum atomic E-state index is -0.171. The first-order chi connectivity index (χ1) is 13.2. The van der Waals surface area contributed by atoms with Crippen molar-refractivity contribution in [3.63, 3.8) is 0 Å². The first kappa shape index (κ1) is 17.3. The number of nitrogens with zero attached hydrogens (tertiary/aromatic N) is 1. The maximum Gasteiger partial charge on any atom is 0.255 e. The van der Waals surface area contributed by atoms with Crippen LogP contribution in [0.25, 0.3) is 11.0 Å². The van der Waals surface area contributed by atoms with Gasteiger partial charge in [-0.05, 0) is 54.4 Å². The van der Waals surface area contributed by atoms with Crippen LogP contribution in [0.5, 0.6) is 0 Å². The number of imidazole rings is 1. The lowest BCUT2D eigenvalue weighted by molar-refractivity contribution is 0.102. The van der Waals surface area contributed by atoms with Crippen molar-refractivity contribution in [3.05, 3.63) is 94.8 Å². The van der Waals surface area contributed by atoms with E-state index < -0.39 is 0 Å². The second kappa shape index (κ2) is 7.64. The number of carbonyl (C=O) groups excluding carboxylic acids is 1. The van der Waals surface area contributed by atoms with Crippen LogP contribution in [0.4, 0.5) is 5.69 Å². The third-order valence-corrected chi connectivity index (χ3v) is 4.64. The van der Waals surface area contributed by atoms with Crippen LogP contribution >= 0.6 is 11.6 Å². The number of H-pyrrole nitrogens is 1. The lowest BCUT2D eigenvalue weighted by atomic mass is 10.1. The molecule has 0 saturated heterocycles. The van der Waals surface area contributed by atoms with Crippen molar-refractivity contribution in [2.24, 2.45) is 0 Å². The minimum absolute atomic E-state index is 0.171. The van der Waals surface area contributed by atoms with Gasteiger partial charge < -0.3 is 10.3 Å². The Bertz CT molecular complexity index is 1070. The van der Waals surface area contributed by atoms with Crippen molar-refractivity contribution in [1.82, 2.24) is 9.97 Å². The number of anilines is 1. The van der Waals surface area contributed by atoms with Crippen LogP contribution in [0, 0.1) is 0 Å². The molecule has 134 valence electrons. The zero-order valence-corrected chi connectivity index (χ0v) is 15.3. The molecule has 1 heterocycles. The lowest BCUT2D eigenvalue weighted by Crippen LogP contribution is -2.11. The van der Waals surface area contributed by atoms with Crippen LogP contribution in [0.2, 0.25) is 5.02 Å². The van der Waals surface area contributed by atoms with E-state index in [1.54, 1.807) is 24.3 Å². The summed E-state index contributed by atoms with van der Waals surface area (Å²) in [5.74, 6) is 0.768. The Morgan fingerprint density at radius 2 is 1.74 bits per heavy atom. The molecular formula is C22H18ClN3O. The molecule has 1 amide bonds. The molecule has 27 heavy (non-hydrogen) atoms. The van der Waals surface area contributed by atoms with Crippen molar-refractivity contribution < 1.29 is 4.79 Å². The van der Waals surface area contributed by atoms with Crippen LogP contribution in [-0.2, 0) is 12.8 Å². The number of aromatic nitrogens is 2. The molecular weight excluding hydrogens is 358 g/mol. The Morgan fingerprint density at radius 3 is 2.52 bits per heavy atom. The van der Waals surface area contributed by atoms with E-state index in [0.29, 0.717) is 10.6 Å². The van der Waals surface area contributed by atoms with Crippen LogP contribution in [0.15, 0.2) is 72.8 Å². The monoisotopic (exact) mass is 375 g/mol. The molecule has 0 aliphatic heterocycles. The SMILES string of the molecule is O=C(Nc1ccc2nc(CCc3ccccc3)[nH]c2c1)c1ccc(Cl)cc1. The molecule has 4 aromatic rings. The third kappa shape index (κ3) is 4.18. The summed E-state index contributed by atoms with van der Waals surface area (Å²) in [6, 6.07) is 22.8. The molecule has 0 aliphatic carbocycles. The molecule has 0 bridgehead atoms. The molecule has 2 N–H and O–H groups in total. The molecule has 0 saturated carbocycles. The lowest BCUT2D eigenvalue weighted by Gasteiger charge is -2.05. The van der Waals surface area contributed by atoms with Gasteiger partial charge >= 0.3 is 0 Å². The zero-order valence-electron chi connectivity index (χ0n) is 14.6. The summed E-state index contributed by atoms with van der Waals surface area (Å²) in [4.78, 5) is 20.3. The van der Waals surface area contributed by atoms with Crippen molar-refractivity contribution in [2.75, 3.05) is 5.32 Å². The fraction of sp³-hybridized carbons (Fsp3) is 0.0909. The van der Waals surface area contributed by atoms with E-state index in [1.165, 1.54) is 5.56 Å². The largest absolute Gasteiger partial charge is 0.342 e. The highest BCUT2D eigenvalue weighted by Crippen LogP contribution is 2.19. The second-order valence-electron chi connectivity index (χ2n) is 6.36. The number of amides is 1. The fourth-order valence-electron chi connectivity index (χ4n) is 2.97. The number of hydrogen-bond acceptors (Lipinski definition) is 2. The van der Waals surface area contributed by atoms with E-state index in [0.717, 1.165) is 35.4 Å². The van der Waals surface area contributed by atoms with Gasteiger partial charge in [0, 0.05) is 22.7 Å². The van der Waals surface area contributed by atoms with Gasteiger partial charge in [0.25, 0.3) is 5.91 Å². The molecule has 3 aromatic carbocycles. The Hall–Kier alpha value is -3.11. The Balaban J connectivity index is 1.47. The van der Waals surface area contributed by atoms with Gasteiger partial charge in [-0.3, -0.25) is 4.79 Å². The molecule has 1 aromatic heterocycles. The maximum absolute atomic E-state index is 12.3. The molecule has 5 heteroatoms. The number of benzene rings is 3. The predicted octanol–water partition coefficient (Wildman–Crippen LogP) is 5.25. The Kier molecular flexibility index (Phi) is 4.90. The Labute approximate surface area is 162 Å². The first-order valence-corrected chi connectivity index (χ1v) is 9.15. The van der Waals surface area contributed by atoms with E-state index in [-0.39, 0.29) is 5.91 Å². The smallest absolute Gasteiger partial charge is 0.255 e. The minimum Gasteiger partial charge on any atom is -0.342 e. The van der Waals surface area contributed by atoms with E-state index in [1.807, 2.05) is 36.4 Å². The predicted molar refractivity (Wildman–Crippen MR) is 109 cm³/mol. The number of hydrogen-bond donors (Lipinski definition) is 2. The van der Waals surface area contributed by atoms with Gasteiger partial charge in [-0.1, -0.05) is 41.9 Å². The highest BCUT2D eigenvalue weighted by molar-refractivity contribution is 6.30. The highest BCUT2D eigenvalue weighted by atomic mass is 35.5. The van der Waals surface area contributed by atoms with Gasteiger partial charge in [0.2, 0.25) is 0 Å². The maximum atomic E-state index is 12.3. The third-order valence-electron chi connectivity index (χ3n) is 4.39. The summed E-state index contributed by atoms with van der Waals surface area (Å²) < 4.78 is 0. The van der Waals surface area contributed by atoms with E-state index in [4.69, 9.17) is 11.6 Å². The molecule has 0 radical (unpaired) electrons. The van der Waals surface area contributed by atoms with Gasteiger partial charge in [-0.15, -0.1) is 0 Å². The number of fused-ring (bicyclic) bond motifs is 1. The van der Waals surface area contributed by atoms with Gasteiger partial charge in [0.05, 0.1) is 11.0 Å². The molecule has 4 nitrogen and oxygen atoms in total. The fourth-order valence-corrected chi connectivity index (χ4v) is 3.10. The van der Waals surface area contributed by atoms with Gasteiger partial charge in [0.1, 0.15) is 5.82 Å². The number of carbonyl (C=O) groups is 1. The number of halogens is 1. The summed E-state index contributed by atoms with van der Waals surface area (Å²) in [7, 11) is 0. The van der Waals surface area contributed by atoms with Gasteiger partial charge in [-0.25, -0.2) is 4.98 Å². The Morgan fingerprint density at radius 1 is 0.963 bits per heavy atom. The number of nitrogens with one attached hydrogen (secondary N) is 2. The number of rotatable bonds is 5. The van der Waals surface area contributed by atoms with E-state index >= 15 is 0 Å². The topological polar surface area (TPSA) is 57.8 Å². The van der Waals surface area contributed by atoms with Crippen molar-refractivity contribution in [2.45, 2.75) is 12.8 Å². The summed E-state index contributed by atoms with van der Waals surface area (Å²) in [6.07, 6.45) is 1.77. The summed E-state index contributed by atoms with van der Waals surface area (Å²) >= 11 is 5.87. The molecule has 0 fully saturated rings. The average molecular weight is 376 g/mol. The molecule has 0 unspecified atom stereocenters. The normalized spacial score (nSPS) is 10.9. The standard InChI is InChI=1S/C22H18ClN3O/c23-17-9-7-16(8-10-17)22(27)24-18-11-12-19-20(14-18)26-21(25-19)13-6-15-4-2-1-3-5-15/h1-5,7-12,14H,6,13H2,(H,24,27)(H,25,26). The number of aryl methyl sites for hydroxylation is 2. The van der Waals surface area contributed by atoms with Crippen molar-refractivity contribution in [3.8, 4) is 0 Å². The summed E-state index contributed by atoms with van der Waals surface area (Å²) in [5.41, 5.74) is 4.37. The number of aromatic amines is 1. The quantitative estimate of drug-likeness (QED) is 0.500. The molecule has 0 atom stereocenters. The first-order valence-electron chi connectivity index (χ1n) is 8.77. The van der Waals surface area contributed by atoms with E-state index in [9.17, 15) is 4.79 Å². The van der Waals surface area contributed by atoms with Crippen molar-refractivity contribution in [1.29, 1.82) is 0 Å². The average Bonchev–Trinajstić information content (AvgIpc) is 3.10. The molecule has 4 rings (SSSR count). The zero-order chi connectivity index (χ0) is 18.6. The highest BCUT2D eigenvalue weighted by Gasteiger charge is 2.08. The van der Waals surface area contributed by atoms with Crippen LogP contribution in [0.3, 0.4) is 0 Å². The van der Waals surface area contributed by atoms with Crippen molar-refractivity contribution >= 4 is 34.2 Å². The van der Waals surface area contributed by atoms with Gasteiger partial charge in [-0.2, -0.15) is 0 Å². The molecule has 0 aliphatic rings. The second-order valence-corrected chi connectivity index (χ2v) is 6.80. The molecule has 0 spiro atoms. The van der Waals surface area contributed by atoms with Gasteiger partial charge in [0.15, 0.2) is 0 Å². The van der Waals surface area contributed by atoms with Crippen LogP contribution in [-0.4, -0.2) is 15.9 Å². The summed E-state index contributed by atoms with van der Waals surface area (Å²) in [5, 5.41) is 3.51. The van der Waals surface area contributed by atoms with Crippen LogP contribution in [0.1, 0.15) is 21.7 Å². The summed E-state index contributed by atoms with van der Waals surface area (Å²) in [6.45, 7) is 0.